The zero-order chi connectivity index (χ0) is 12.8. The number of phenolic OH excluding ortho intramolecular Hbond substituents is 1. The molecule has 0 bridgehead atoms. The van der Waals surface area contributed by atoms with Crippen LogP contribution in [0, 0.1) is 0 Å². The molecule has 4 heteroatoms. The molecular weight excluding hydrogens is 214 g/mol. The fraction of sp³-hybridized carbons (Fsp3) is 0.538. The van der Waals surface area contributed by atoms with Crippen LogP contribution >= 0.6 is 0 Å². The van der Waals surface area contributed by atoms with Gasteiger partial charge in [0.05, 0.1) is 0 Å². The standard InChI is InChI=1S/C13H23N3O/c1-3-16(4-2)10-5-6-11(13(17)9-10)12(15)7-8-14/h5-6,9,12,17H,3-4,7-8,14-15H2,1-2H3/t12-/m0/s1. The predicted octanol–water partition coefficient (Wildman–Crippen LogP) is 1.59. The summed E-state index contributed by atoms with van der Waals surface area (Å²) >= 11 is 0. The van der Waals surface area contributed by atoms with E-state index in [4.69, 9.17) is 11.5 Å². The molecule has 1 atom stereocenters. The number of aromatic hydroxyl groups is 1. The van der Waals surface area contributed by atoms with Gasteiger partial charge in [-0.1, -0.05) is 6.07 Å². The molecule has 0 aliphatic rings. The Morgan fingerprint density at radius 2 is 1.94 bits per heavy atom. The second-order valence-electron chi connectivity index (χ2n) is 4.10. The minimum absolute atomic E-state index is 0.189. The summed E-state index contributed by atoms with van der Waals surface area (Å²) in [6, 6.07) is 5.48. The van der Waals surface area contributed by atoms with Crippen LogP contribution in [0.4, 0.5) is 5.69 Å². The van der Waals surface area contributed by atoms with Gasteiger partial charge >= 0.3 is 0 Å². The number of nitrogens with zero attached hydrogens (tertiary/aromatic N) is 1. The number of rotatable bonds is 6. The summed E-state index contributed by atoms with van der Waals surface area (Å²) in [5, 5.41) is 9.98. The maximum Gasteiger partial charge on any atom is 0.122 e. The van der Waals surface area contributed by atoms with Gasteiger partial charge < -0.3 is 21.5 Å². The topological polar surface area (TPSA) is 75.5 Å². The highest BCUT2D eigenvalue weighted by Crippen LogP contribution is 2.29. The predicted molar refractivity (Wildman–Crippen MR) is 72.3 cm³/mol. The zero-order valence-electron chi connectivity index (χ0n) is 10.7. The summed E-state index contributed by atoms with van der Waals surface area (Å²) in [7, 11) is 0. The van der Waals surface area contributed by atoms with Crippen LogP contribution in [-0.4, -0.2) is 24.7 Å². The summed E-state index contributed by atoms with van der Waals surface area (Å²) < 4.78 is 0. The average molecular weight is 237 g/mol. The molecule has 0 amide bonds. The van der Waals surface area contributed by atoms with Gasteiger partial charge in [0.1, 0.15) is 5.75 Å². The molecule has 0 heterocycles. The lowest BCUT2D eigenvalue weighted by Gasteiger charge is -2.22. The van der Waals surface area contributed by atoms with Crippen molar-refractivity contribution < 1.29 is 5.11 Å². The first kappa shape index (κ1) is 13.8. The van der Waals surface area contributed by atoms with Gasteiger partial charge in [0.15, 0.2) is 0 Å². The second-order valence-corrected chi connectivity index (χ2v) is 4.10. The van der Waals surface area contributed by atoms with Crippen molar-refractivity contribution in [3.8, 4) is 5.75 Å². The molecule has 5 N–H and O–H groups in total. The number of benzene rings is 1. The molecule has 0 saturated heterocycles. The Kier molecular flexibility index (Phi) is 5.25. The number of hydrogen-bond acceptors (Lipinski definition) is 4. The molecule has 1 aromatic carbocycles. The first-order valence-electron chi connectivity index (χ1n) is 6.17. The van der Waals surface area contributed by atoms with E-state index in [-0.39, 0.29) is 11.8 Å². The van der Waals surface area contributed by atoms with Gasteiger partial charge in [0.2, 0.25) is 0 Å². The zero-order valence-corrected chi connectivity index (χ0v) is 10.7. The summed E-state index contributed by atoms with van der Waals surface area (Å²) in [6.45, 7) is 6.55. The third-order valence-electron chi connectivity index (χ3n) is 3.02. The highest BCUT2D eigenvalue weighted by Gasteiger charge is 2.12. The Morgan fingerprint density at radius 1 is 1.29 bits per heavy atom. The van der Waals surface area contributed by atoms with E-state index in [9.17, 15) is 5.11 Å². The monoisotopic (exact) mass is 237 g/mol. The Bertz CT molecular complexity index is 351. The van der Waals surface area contributed by atoms with E-state index >= 15 is 0 Å². The van der Waals surface area contributed by atoms with Crippen LogP contribution in [0.25, 0.3) is 0 Å². The average Bonchev–Trinajstić information content (AvgIpc) is 2.31. The van der Waals surface area contributed by atoms with E-state index in [0.29, 0.717) is 13.0 Å². The normalized spacial score (nSPS) is 12.5. The molecule has 0 radical (unpaired) electrons. The molecule has 0 spiro atoms. The molecular formula is C13H23N3O. The lowest BCUT2D eigenvalue weighted by molar-refractivity contribution is 0.459. The second kappa shape index (κ2) is 6.47. The van der Waals surface area contributed by atoms with Crippen molar-refractivity contribution in [1.29, 1.82) is 0 Å². The van der Waals surface area contributed by atoms with Crippen LogP contribution in [0.3, 0.4) is 0 Å². The first-order chi connectivity index (χ1) is 8.13. The number of nitrogens with two attached hydrogens (primary N) is 2. The molecule has 0 aliphatic heterocycles. The highest BCUT2D eigenvalue weighted by molar-refractivity contribution is 5.53. The highest BCUT2D eigenvalue weighted by atomic mass is 16.3. The number of phenols is 1. The van der Waals surface area contributed by atoms with Crippen LogP contribution in [0.2, 0.25) is 0 Å². The van der Waals surface area contributed by atoms with Crippen LogP contribution in [0.15, 0.2) is 18.2 Å². The number of anilines is 1. The van der Waals surface area contributed by atoms with E-state index in [1.54, 1.807) is 6.07 Å². The molecule has 1 rings (SSSR count). The Balaban J connectivity index is 2.92. The maximum absolute atomic E-state index is 9.98. The first-order valence-corrected chi connectivity index (χ1v) is 6.17. The molecule has 0 aliphatic carbocycles. The summed E-state index contributed by atoms with van der Waals surface area (Å²) in [5.74, 6) is 0.260. The van der Waals surface area contributed by atoms with Crippen molar-refractivity contribution in [2.24, 2.45) is 11.5 Å². The fourth-order valence-corrected chi connectivity index (χ4v) is 1.97. The van der Waals surface area contributed by atoms with E-state index in [1.807, 2.05) is 12.1 Å². The maximum atomic E-state index is 9.98. The van der Waals surface area contributed by atoms with Crippen LogP contribution < -0.4 is 16.4 Å². The van der Waals surface area contributed by atoms with Crippen LogP contribution in [0.5, 0.6) is 5.75 Å². The van der Waals surface area contributed by atoms with E-state index in [1.165, 1.54) is 0 Å². The van der Waals surface area contributed by atoms with E-state index in [2.05, 4.69) is 18.7 Å². The van der Waals surface area contributed by atoms with Crippen molar-refractivity contribution in [3.63, 3.8) is 0 Å². The largest absolute Gasteiger partial charge is 0.508 e. The van der Waals surface area contributed by atoms with Crippen molar-refractivity contribution in [2.75, 3.05) is 24.5 Å². The van der Waals surface area contributed by atoms with Crippen molar-refractivity contribution >= 4 is 5.69 Å². The Labute approximate surface area is 103 Å². The molecule has 4 nitrogen and oxygen atoms in total. The van der Waals surface area contributed by atoms with Gasteiger partial charge in [-0.25, -0.2) is 0 Å². The molecule has 1 aromatic rings. The fourth-order valence-electron chi connectivity index (χ4n) is 1.97. The Hall–Kier alpha value is -1.26. The lowest BCUT2D eigenvalue weighted by Crippen LogP contribution is -2.22. The third kappa shape index (κ3) is 3.35. The van der Waals surface area contributed by atoms with Crippen molar-refractivity contribution in [1.82, 2.24) is 0 Å². The Morgan fingerprint density at radius 3 is 2.41 bits per heavy atom. The lowest BCUT2D eigenvalue weighted by atomic mass is 10.0. The van der Waals surface area contributed by atoms with Crippen molar-refractivity contribution in [2.45, 2.75) is 26.3 Å². The molecule has 0 unspecified atom stereocenters. The quantitative estimate of drug-likeness (QED) is 0.702. The minimum atomic E-state index is -0.189. The minimum Gasteiger partial charge on any atom is -0.508 e. The molecule has 17 heavy (non-hydrogen) atoms. The van der Waals surface area contributed by atoms with E-state index < -0.39 is 0 Å². The molecule has 0 aromatic heterocycles. The smallest absolute Gasteiger partial charge is 0.122 e. The van der Waals surface area contributed by atoms with Crippen LogP contribution in [-0.2, 0) is 0 Å². The third-order valence-corrected chi connectivity index (χ3v) is 3.02. The van der Waals surface area contributed by atoms with Gasteiger partial charge in [-0.15, -0.1) is 0 Å². The molecule has 0 fully saturated rings. The summed E-state index contributed by atoms with van der Waals surface area (Å²) in [4.78, 5) is 2.18. The number of hydrogen-bond donors (Lipinski definition) is 3. The van der Waals surface area contributed by atoms with Gasteiger partial charge in [0, 0.05) is 36.4 Å². The molecule has 0 saturated carbocycles. The molecule has 96 valence electrons. The van der Waals surface area contributed by atoms with Crippen molar-refractivity contribution in [3.05, 3.63) is 23.8 Å². The van der Waals surface area contributed by atoms with Gasteiger partial charge in [-0.2, -0.15) is 0 Å². The van der Waals surface area contributed by atoms with Gasteiger partial charge in [-0.05, 0) is 32.9 Å². The van der Waals surface area contributed by atoms with Crippen LogP contribution in [0.1, 0.15) is 31.9 Å². The SMILES string of the molecule is CCN(CC)c1ccc([C@@H](N)CCN)c(O)c1. The summed E-state index contributed by atoms with van der Waals surface area (Å²) in [6.07, 6.45) is 0.679. The van der Waals surface area contributed by atoms with Gasteiger partial charge in [-0.3, -0.25) is 0 Å². The van der Waals surface area contributed by atoms with Gasteiger partial charge in [0.25, 0.3) is 0 Å². The summed E-state index contributed by atoms with van der Waals surface area (Å²) in [5.41, 5.74) is 13.2. The van der Waals surface area contributed by atoms with E-state index in [0.717, 1.165) is 24.3 Å².